The van der Waals surface area contributed by atoms with Crippen LogP contribution in [0.3, 0.4) is 0 Å². The van der Waals surface area contributed by atoms with E-state index in [0.717, 1.165) is 32.1 Å². The van der Waals surface area contributed by atoms with Crippen molar-refractivity contribution in [2.45, 2.75) is 46.0 Å². The van der Waals surface area contributed by atoms with Crippen LogP contribution in [0.25, 0.3) is 0 Å². The van der Waals surface area contributed by atoms with E-state index in [9.17, 15) is 4.79 Å². The summed E-state index contributed by atoms with van der Waals surface area (Å²) in [6, 6.07) is 0. The summed E-state index contributed by atoms with van der Waals surface area (Å²) in [5.41, 5.74) is 2.58. The summed E-state index contributed by atoms with van der Waals surface area (Å²) in [5.74, 6) is -0.258. The first kappa shape index (κ1) is 13.0. The Morgan fingerprint density at radius 2 is 2.38 bits per heavy atom. The molecule has 0 aromatic rings. The summed E-state index contributed by atoms with van der Waals surface area (Å²) in [4.78, 5) is 10.9. The van der Waals surface area contributed by atoms with Crippen LogP contribution in [0.4, 0.5) is 0 Å². The molecule has 2 heteroatoms. The molecule has 0 amide bonds. The zero-order chi connectivity index (χ0) is 12.1. The highest BCUT2D eigenvalue weighted by Gasteiger charge is 2.20. The zero-order valence-electron chi connectivity index (χ0n) is 10.3. The van der Waals surface area contributed by atoms with Crippen molar-refractivity contribution in [1.82, 2.24) is 0 Å². The van der Waals surface area contributed by atoms with Crippen LogP contribution in [0, 0.1) is 11.8 Å². The molecule has 2 unspecified atom stereocenters. The molecular formula is C14H22O2. The van der Waals surface area contributed by atoms with Crippen molar-refractivity contribution in [2.75, 3.05) is 0 Å². The molecule has 0 aliphatic heterocycles. The van der Waals surface area contributed by atoms with Crippen molar-refractivity contribution < 1.29 is 9.90 Å². The maximum atomic E-state index is 10.9. The Morgan fingerprint density at radius 3 is 2.75 bits per heavy atom. The van der Waals surface area contributed by atoms with Gasteiger partial charge in [0.2, 0.25) is 0 Å². The van der Waals surface area contributed by atoms with Gasteiger partial charge >= 0.3 is 5.97 Å². The number of carbonyl (C=O) groups is 1. The zero-order valence-corrected chi connectivity index (χ0v) is 10.3. The van der Waals surface area contributed by atoms with Crippen molar-refractivity contribution in [1.29, 1.82) is 0 Å². The maximum Gasteiger partial charge on any atom is 0.306 e. The third-order valence-corrected chi connectivity index (χ3v) is 3.55. The van der Waals surface area contributed by atoms with E-state index in [2.05, 4.69) is 19.6 Å². The standard InChI is InChI=1S/C14H22O2/c1-4-12(14(15)16)9-11-5-7-13(8-6-11)10(2)3/h5,12-13H,2,4,6-9H2,1,3H3,(H,15,16). The monoisotopic (exact) mass is 222 g/mol. The van der Waals surface area contributed by atoms with Crippen molar-refractivity contribution in [2.24, 2.45) is 11.8 Å². The van der Waals surface area contributed by atoms with E-state index in [1.165, 1.54) is 11.1 Å². The minimum Gasteiger partial charge on any atom is -0.481 e. The number of carboxylic acids is 1. The molecule has 0 saturated heterocycles. The SMILES string of the molecule is C=C(C)C1CC=C(CC(CC)C(=O)O)CC1. The van der Waals surface area contributed by atoms with Gasteiger partial charge in [0.1, 0.15) is 0 Å². The van der Waals surface area contributed by atoms with Crippen molar-refractivity contribution in [3.63, 3.8) is 0 Å². The average molecular weight is 222 g/mol. The van der Waals surface area contributed by atoms with Gasteiger partial charge in [0.25, 0.3) is 0 Å². The lowest BCUT2D eigenvalue weighted by molar-refractivity contribution is -0.141. The maximum absolute atomic E-state index is 10.9. The molecule has 2 nitrogen and oxygen atoms in total. The van der Waals surface area contributed by atoms with Crippen molar-refractivity contribution in [3.8, 4) is 0 Å². The largest absolute Gasteiger partial charge is 0.481 e. The molecule has 1 rings (SSSR count). The van der Waals surface area contributed by atoms with Crippen LogP contribution >= 0.6 is 0 Å². The number of hydrogen-bond donors (Lipinski definition) is 1. The van der Waals surface area contributed by atoms with Gasteiger partial charge in [0, 0.05) is 0 Å². The minimum atomic E-state index is -0.662. The van der Waals surface area contributed by atoms with Gasteiger partial charge in [-0.25, -0.2) is 0 Å². The second kappa shape index (κ2) is 5.88. The molecule has 1 aliphatic rings. The third-order valence-electron chi connectivity index (χ3n) is 3.55. The lowest BCUT2D eigenvalue weighted by Crippen LogP contribution is -2.15. The van der Waals surface area contributed by atoms with Gasteiger partial charge < -0.3 is 5.11 Å². The number of allylic oxidation sites excluding steroid dienone is 3. The topological polar surface area (TPSA) is 37.3 Å². The van der Waals surface area contributed by atoms with Gasteiger partial charge in [-0.15, -0.1) is 0 Å². The van der Waals surface area contributed by atoms with Crippen LogP contribution in [0.15, 0.2) is 23.8 Å². The van der Waals surface area contributed by atoms with Gasteiger partial charge in [0.15, 0.2) is 0 Å². The molecule has 0 bridgehead atoms. The molecule has 0 fully saturated rings. The fourth-order valence-corrected chi connectivity index (χ4v) is 2.24. The van der Waals surface area contributed by atoms with Crippen LogP contribution in [-0.2, 0) is 4.79 Å². The first-order valence-electron chi connectivity index (χ1n) is 6.10. The Hall–Kier alpha value is -1.05. The van der Waals surface area contributed by atoms with Gasteiger partial charge in [-0.05, 0) is 44.9 Å². The van der Waals surface area contributed by atoms with Crippen LogP contribution in [0.1, 0.15) is 46.0 Å². The molecule has 0 spiro atoms. The molecule has 0 saturated carbocycles. The second-order valence-corrected chi connectivity index (χ2v) is 4.83. The summed E-state index contributed by atoms with van der Waals surface area (Å²) in [6.45, 7) is 8.01. The number of rotatable bonds is 5. The first-order valence-corrected chi connectivity index (χ1v) is 6.10. The van der Waals surface area contributed by atoms with Crippen LogP contribution in [-0.4, -0.2) is 11.1 Å². The van der Waals surface area contributed by atoms with Gasteiger partial charge in [0.05, 0.1) is 5.92 Å². The Labute approximate surface area is 98.1 Å². The predicted molar refractivity (Wildman–Crippen MR) is 66.3 cm³/mol. The summed E-state index contributed by atoms with van der Waals surface area (Å²) in [7, 11) is 0. The van der Waals surface area contributed by atoms with Crippen molar-refractivity contribution in [3.05, 3.63) is 23.8 Å². The molecule has 1 N–H and O–H groups in total. The third kappa shape index (κ3) is 3.51. The molecule has 1 aliphatic carbocycles. The molecular weight excluding hydrogens is 200 g/mol. The summed E-state index contributed by atoms with van der Waals surface area (Å²) >= 11 is 0. The van der Waals surface area contributed by atoms with E-state index in [-0.39, 0.29) is 5.92 Å². The van der Waals surface area contributed by atoms with E-state index in [4.69, 9.17) is 5.11 Å². The fraction of sp³-hybridized carbons (Fsp3) is 0.643. The molecule has 16 heavy (non-hydrogen) atoms. The fourth-order valence-electron chi connectivity index (χ4n) is 2.24. The molecule has 0 aromatic carbocycles. The van der Waals surface area contributed by atoms with E-state index in [1.807, 2.05) is 6.92 Å². The number of hydrogen-bond acceptors (Lipinski definition) is 1. The van der Waals surface area contributed by atoms with Crippen LogP contribution < -0.4 is 0 Å². The Bertz CT molecular complexity index is 302. The van der Waals surface area contributed by atoms with Gasteiger partial charge in [-0.3, -0.25) is 4.79 Å². The van der Waals surface area contributed by atoms with E-state index in [1.54, 1.807) is 0 Å². The Kier molecular flexibility index (Phi) is 4.78. The lowest BCUT2D eigenvalue weighted by Gasteiger charge is -2.23. The van der Waals surface area contributed by atoms with Crippen LogP contribution in [0.5, 0.6) is 0 Å². The minimum absolute atomic E-state index is 0.201. The van der Waals surface area contributed by atoms with Gasteiger partial charge in [-0.1, -0.05) is 30.7 Å². The van der Waals surface area contributed by atoms with Crippen LogP contribution in [0.2, 0.25) is 0 Å². The highest BCUT2D eigenvalue weighted by atomic mass is 16.4. The average Bonchev–Trinajstić information content (AvgIpc) is 2.26. The summed E-state index contributed by atoms with van der Waals surface area (Å²) in [5, 5.41) is 9.00. The molecule has 0 heterocycles. The smallest absolute Gasteiger partial charge is 0.306 e. The molecule has 2 atom stereocenters. The van der Waals surface area contributed by atoms with Gasteiger partial charge in [-0.2, -0.15) is 0 Å². The molecule has 0 radical (unpaired) electrons. The number of aliphatic carboxylic acids is 1. The lowest BCUT2D eigenvalue weighted by atomic mass is 9.82. The normalized spacial score (nSPS) is 22.4. The quantitative estimate of drug-likeness (QED) is 0.718. The summed E-state index contributed by atoms with van der Waals surface area (Å²) in [6.07, 6.45) is 6.90. The predicted octanol–water partition coefficient (Wildman–Crippen LogP) is 3.79. The van der Waals surface area contributed by atoms with E-state index < -0.39 is 5.97 Å². The Morgan fingerprint density at radius 1 is 1.69 bits per heavy atom. The highest BCUT2D eigenvalue weighted by Crippen LogP contribution is 2.31. The Balaban J connectivity index is 2.51. The second-order valence-electron chi connectivity index (χ2n) is 4.83. The first-order chi connectivity index (χ1) is 7.54. The van der Waals surface area contributed by atoms with E-state index in [0.29, 0.717) is 5.92 Å². The summed E-state index contributed by atoms with van der Waals surface area (Å²) < 4.78 is 0. The number of carboxylic acid groups (broad SMARTS) is 1. The highest BCUT2D eigenvalue weighted by molar-refractivity contribution is 5.70. The van der Waals surface area contributed by atoms with E-state index >= 15 is 0 Å². The molecule has 0 aromatic heterocycles. The van der Waals surface area contributed by atoms with Crippen molar-refractivity contribution >= 4 is 5.97 Å². The molecule has 90 valence electrons.